The van der Waals surface area contributed by atoms with Gasteiger partial charge in [-0.15, -0.1) is 0 Å². The summed E-state index contributed by atoms with van der Waals surface area (Å²) in [5, 5.41) is 3.08. The Morgan fingerprint density at radius 2 is 1.78 bits per heavy atom. The van der Waals surface area contributed by atoms with Gasteiger partial charge in [0, 0.05) is 31.4 Å². The summed E-state index contributed by atoms with van der Waals surface area (Å²) in [6.07, 6.45) is 8.35. The highest BCUT2D eigenvalue weighted by atomic mass is 16.2. The zero-order valence-corrected chi connectivity index (χ0v) is 15.9. The van der Waals surface area contributed by atoms with Gasteiger partial charge >= 0.3 is 0 Å². The van der Waals surface area contributed by atoms with Crippen LogP contribution < -0.4 is 5.32 Å². The number of carbonyl (C=O) groups is 2. The molecule has 0 bridgehead atoms. The second-order valence-electron chi connectivity index (χ2n) is 7.24. The number of hydrogen-bond acceptors (Lipinski definition) is 3. The van der Waals surface area contributed by atoms with E-state index in [9.17, 15) is 9.59 Å². The molecule has 1 aliphatic carbocycles. The Labute approximate surface area is 160 Å². The Morgan fingerprint density at radius 3 is 2.48 bits per heavy atom. The Bertz CT molecular complexity index is 768. The van der Waals surface area contributed by atoms with Gasteiger partial charge in [-0.3, -0.25) is 14.6 Å². The predicted molar refractivity (Wildman–Crippen MR) is 105 cm³/mol. The van der Waals surface area contributed by atoms with E-state index in [-0.39, 0.29) is 17.9 Å². The predicted octanol–water partition coefficient (Wildman–Crippen LogP) is 3.81. The summed E-state index contributed by atoms with van der Waals surface area (Å²) >= 11 is 0. The molecule has 2 amide bonds. The van der Waals surface area contributed by atoms with Crippen LogP contribution in [0.1, 0.15) is 64.9 Å². The minimum atomic E-state index is -0.192. The van der Waals surface area contributed by atoms with Gasteiger partial charge in [-0.2, -0.15) is 0 Å². The van der Waals surface area contributed by atoms with Crippen molar-refractivity contribution >= 4 is 11.8 Å². The third kappa shape index (κ3) is 5.39. The summed E-state index contributed by atoms with van der Waals surface area (Å²) in [5.74, 6) is -0.313. The molecule has 0 unspecified atom stereocenters. The third-order valence-corrected chi connectivity index (χ3v) is 5.04. The number of nitrogens with one attached hydrogen (secondary N) is 1. The summed E-state index contributed by atoms with van der Waals surface area (Å²) in [6.45, 7) is 0.519. The maximum absolute atomic E-state index is 12.7. The lowest BCUT2D eigenvalue weighted by atomic mass is 10.1. The van der Waals surface area contributed by atoms with Crippen molar-refractivity contribution < 1.29 is 9.59 Å². The van der Waals surface area contributed by atoms with Crippen molar-refractivity contribution in [1.82, 2.24) is 15.2 Å². The molecule has 1 N–H and O–H groups in total. The van der Waals surface area contributed by atoms with Gasteiger partial charge in [0.1, 0.15) is 5.69 Å². The lowest BCUT2D eigenvalue weighted by Gasteiger charge is -2.18. The highest BCUT2D eigenvalue weighted by molar-refractivity contribution is 5.98. The maximum atomic E-state index is 12.7. The standard InChI is InChI=1S/C22H27N3O2/c1-25(16-17-9-5-4-6-10-17)22(27)18-13-14-23-20(15-18)21(26)24-19-11-7-2-3-8-12-19/h4-6,9-10,13-15,19H,2-3,7-8,11-12,16H2,1H3,(H,24,26). The lowest BCUT2D eigenvalue weighted by molar-refractivity contribution is 0.0785. The van der Waals surface area contributed by atoms with E-state index >= 15 is 0 Å². The fourth-order valence-electron chi connectivity index (χ4n) is 3.52. The van der Waals surface area contributed by atoms with Gasteiger partial charge in [0.05, 0.1) is 0 Å². The molecule has 1 aromatic carbocycles. The van der Waals surface area contributed by atoms with Crippen LogP contribution in [0.2, 0.25) is 0 Å². The molecule has 5 heteroatoms. The van der Waals surface area contributed by atoms with Crippen LogP contribution in [0.15, 0.2) is 48.7 Å². The number of benzene rings is 1. The Balaban J connectivity index is 1.65. The van der Waals surface area contributed by atoms with Crippen LogP contribution in [0.25, 0.3) is 0 Å². The van der Waals surface area contributed by atoms with Gasteiger partial charge < -0.3 is 10.2 Å². The summed E-state index contributed by atoms with van der Waals surface area (Å²) in [7, 11) is 1.76. The Kier molecular flexibility index (Phi) is 6.58. The highest BCUT2D eigenvalue weighted by Crippen LogP contribution is 2.17. The van der Waals surface area contributed by atoms with Gasteiger partial charge in [-0.05, 0) is 30.5 Å². The molecule has 0 atom stereocenters. The first kappa shape index (κ1) is 19.1. The van der Waals surface area contributed by atoms with E-state index in [1.807, 2.05) is 30.3 Å². The molecule has 142 valence electrons. The van der Waals surface area contributed by atoms with E-state index in [0.717, 1.165) is 31.2 Å². The number of aromatic nitrogens is 1. The van der Waals surface area contributed by atoms with Gasteiger partial charge in [0.25, 0.3) is 11.8 Å². The first-order valence-electron chi connectivity index (χ1n) is 9.70. The normalized spacial score (nSPS) is 15.0. The van der Waals surface area contributed by atoms with Crippen molar-refractivity contribution in [2.45, 2.75) is 51.1 Å². The third-order valence-electron chi connectivity index (χ3n) is 5.04. The minimum Gasteiger partial charge on any atom is -0.348 e. The number of hydrogen-bond donors (Lipinski definition) is 1. The molecule has 1 saturated carbocycles. The van der Waals surface area contributed by atoms with Gasteiger partial charge in [0.15, 0.2) is 0 Å². The molecule has 0 radical (unpaired) electrons. The van der Waals surface area contributed by atoms with E-state index in [4.69, 9.17) is 0 Å². The molecule has 0 saturated heterocycles. The van der Waals surface area contributed by atoms with Crippen LogP contribution in [0.3, 0.4) is 0 Å². The van der Waals surface area contributed by atoms with Crippen molar-refractivity contribution in [3.63, 3.8) is 0 Å². The van der Waals surface area contributed by atoms with Crippen LogP contribution in [0, 0.1) is 0 Å². The molecule has 3 rings (SSSR count). The van der Waals surface area contributed by atoms with Crippen LogP contribution in [-0.4, -0.2) is 34.8 Å². The van der Waals surface area contributed by atoms with Gasteiger partial charge in [0.2, 0.25) is 0 Å². The van der Waals surface area contributed by atoms with Crippen LogP contribution in [-0.2, 0) is 6.54 Å². The molecule has 1 fully saturated rings. The quantitative estimate of drug-likeness (QED) is 0.820. The fraction of sp³-hybridized carbons (Fsp3) is 0.409. The van der Waals surface area contributed by atoms with E-state index < -0.39 is 0 Å². The van der Waals surface area contributed by atoms with Crippen LogP contribution in [0.5, 0.6) is 0 Å². The SMILES string of the molecule is CN(Cc1ccccc1)C(=O)c1ccnc(C(=O)NC2CCCCCC2)c1. The first-order chi connectivity index (χ1) is 13.1. The van der Waals surface area contributed by atoms with E-state index in [1.54, 1.807) is 24.1 Å². The summed E-state index contributed by atoms with van der Waals surface area (Å²) in [5.41, 5.74) is 1.85. The second-order valence-corrected chi connectivity index (χ2v) is 7.24. The first-order valence-corrected chi connectivity index (χ1v) is 9.70. The Hall–Kier alpha value is -2.69. The number of pyridine rings is 1. The average molecular weight is 365 g/mol. The molecule has 2 aromatic rings. The van der Waals surface area contributed by atoms with Crippen molar-refractivity contribution in [3.8, 4) is 0 Å². The molecule has 0 spiro atoms. The molecular weight excluding hydrogens is 338 g/mol. The summed E-state index contributed by atoms with van der Waals surface area (Å²) in [4.78, 5) is 31.1. The molecule has 27 heavy (non-hydrogen) atoms. The minimum absolute atomic E-state index is 0.121. The molecule has 1 aliphatic rings. The van der Waals surface area contributed by atoms with Crippen molar-refractivity contribution in [3.05, 3.63) is 65.5 Å². The molecule has 0 aliphatic heterocycles. The maximum Gasteiger partial charge on any atom is 0.270 e. The smallest absolute Gasteiger partial charge is 0.270 e. The zero-order valence-electron chi connectivity index (χ0n) is 15.9. The monoisotopic (exact) mass is 365 g/mol. The Morgan fingerprint density at radius 1 is 1.07 bits per heavy atom. The summed E-state index contributed by atoms with van der Waals surface area (Å²) in [6, 6.07) is 13.3. The highest BCUT2D eigenvalue weighted by Gasteiger charge is 2.19. The lowest BCUT2D eigenvalue weighted by Crippen LogP contribution is -2.35. The number of carbonyl (C=O) groups excluding carboxylic acids is 2. The summed E-state index contributed by atoms with van der Waals surface area (Å²) < 4.78 is 0. The van der Waals surface area contributed by atoms with Crippen LogP contribution >= 0.6 is 0 Å². The van der Waals surface area contributed by atoms with E-state index in [2.05, 4.69) is 10.3 Å². The van der Waals surface area contributed by atoms with Gasteiger partial charge in [-0.1, -0.05) is 56.0 Å². The van der Waals surface area contributed by atoms with Crippen molar-refractivity contribution in [2.75, 3.05) is 7.05 Å². The zero-order chi connectivity index (χ0) is 19.1. The average Bonchev–Trinajstić information content (AvgIpc) is 2.97. The number of rotatable bonds is 5. The van der Waals surface area contributed by atoms with E-state index in [1.165, 1.54) is 19.0 Å². The molecule has 5 nitrogen and oxygen atoms in total. The molecule has 1 heterocycles. The number of nitrogens with zero attached hydrogens (tertiary/aromatic N) is 2. The van der Waals surface area contributed by atoms with Crippen LogP contribution in [0.4, 0.5) is 0 Å². The fourth-order valence-corrected chi connectivity index (χ4v) is 3.52. The van der Waals surface area contributed by atoms with Crippen molar-refractivity contribution in [2.24, 2.45) is 0 Å². The van der Waals surface area contributed by atoms with E-state index in [0.29, 0.717) is 17.8 Å². The largest absolute Gasteiger partial charge is 0.348 e. The molecular formula is C22H27N3O2. The van der Waals surface area contributed by atoms with Gasteiger partial charge in [-0.25, -0.2) is 0 Å². The topological polar surface area (TPSA) is 62.3 Å². The molecule has 1 aromatic heterocycles. The number of amides is 2. The second kappa shape index (κ2) is 9.31. The van der Waals surface area contributed by atoms with Crippen molar-refractivity contribution in [1.29, 1.82) is 0 Å².